The normalized spacial score (nSPS) is 13.3. The van der Waals surface area contributed by atoms with Gasteiger partial charge in [0.25, 0.3) is 0 Å². The minimum absolute atomic E-state index is 0.0320. The number of benzene rings is 1. The first kappa shape index (κ1) is 19.5. The molecule has 0 aliphatic rings. The van der Waals surface area contributed by atoms with Crippen LogP contribution in [0.2, 0.25) is 5.02 Å². The van der Waals surface area contributed by atoms with Crippen molar-refractivity contribution < 1.29 is 14.6 Å². The summed E-state index contributed by atoms with van der Waals surface area (Å²) in [6.07, 6.45) is 1.89. The van der Waals surface area contributed by atoms with Crippen molar-refractivity contribution in [3.63, 3.8) is 0 Å². The van der Waals surface area contributed by atoms with Gasteiger partial charge in [0.05, 0.1) is 10.7 Å². The molecule has 27 heavy (non-hydrogen) atoms. The zero-order valence-electron chi connectivity index (χ0n) is 14.8. The van der Waals surface area contributed by atoms with Crippen molar-refractivity contribution in [3.8, 4) is 11.3 Å². The lowest BCUT2D eigenvalue weighted by Crippen LogP contribution is -2.28. The quantitative estimate of drug-likeness (QED) is 0.494. The minimum atomic E-state index is -2.21. The molecule has 0 unspecified atom stereocenters. The maximum absolute atomic E-state index is 14.6. The molecule has 2 aromatic heterocycles. The average molecular weight is 395 g/mol. The molecule has 7 nitrogen and oxygen atoms in total. The van der Waals surface area contributed by atoms with E-state index in [9.17, 15) is 19.4 Å². The Kier molecular flexibility index (Phi) is 5.09. The van der Waals surface area contributed by atoms with E-state index in [0.29, 0.717) is 23.1 Å². The standard InChI is InChI=1S/C18H20ClFN4O3/c1-9(21)3-4-18(26,27)11-6-12(15(20)13(19)7-11)14-5-10-8-24(2)17(25)23-16(10)22-14/h5-9,26-27H,3-4,21H2,1-2H3,(H,22,23,25)/t9-/m0/s1. The molecule has 3 aromatic rings. The number of hydrogen-bond donors (Lipinski definition) is 4. The molecule has 0 aliphatic carbocycles. The molecule has 0 amide bonds. The average Bonchev–Trinajstić information content (AvgIpc) is 2.98. The van der Waals surface area contributed by atoms with E-state index in [4.69, 9.17) is 17.3 Å². The maximum atomic E-state index is 14.6. The Labute approximate surface area is 159 Å². The van der Waals surface area contributed by atoms with Crippen LogP contribution in [0.1, 0.15) is 25.3 Å². The van der Waals surface area contributed by atoms with Gasteiger partial charge in [-0.2, -0.15) is 4.98 Å². The molecule has 0 saturated heterocycles. The number of nitrogens with two attached hydrogens (primary N) is 1. The molecule has 2 heterocycles. The highest BCUT2D eigenvalue weighted by Gasteiger charge is 2.28. The van der Waals surface area contributed by atoms with Gasteiger partial charge in [0.2, 0.25) is 0 Å². The molecule has 0 fully saturated rings. The van der Waals surface area contributed by atoms with Crippen LogP contribution in [-0.4, -0.2) is 30.8 Å². The minimum Gasteiger partial charge on any atom is -0.362 e. The van der Waals surface area contributed by atoms with Crippen molar-refractivity contribution in [3.05, 3.63) is 51.3 Å². The second-order valence-electron chi connectivity index (χ2n) is 6.77. The first-order chi connectivity index (χ1) is 12.6. The van der Waals surface area contributed by atoms with E-state index in [1.807, 2.05) is 0 Å². The third-order valence-electron chi connectivity index (χ3n) is 4.40. The van der Waals surface area contributed by atoms with Crippen LogP contribution < -0.4 is 11.4 Å². The van der Waals surface area contributed by atoms with Crippen LogP contribution in [0.4, 0.5) is 4.39 Å². The van der Waals surface area contributed by atoms with Crippen LogP contribution in [0.25, 0.3) is 22.3 Å². The van der Waals surface area contributed by atoms with Gasteiger partial charge in [0.1, 0.15) is 5.65 Å². The molecule has 0 radical (unpaired) electrons. The zero-order chi connectivity index (χ0) is 19.9. The maximum Gasteiger partial charge on any atom is 0.349 e. The molecule has 9 heteroatoms. The number of aromatic amines is 1. The van der Waals surface area contributed by atoms with Gasteiger partial charge in [-0.05, 0) is 31.5 Å². The molecule has 1 aromatic carbocycles. The van der Waals surface area contributed by atoms with Crippen LogP contribution in [0, 0.1) is 5.82 Å². The second kappa shape index (κ2) is 7.05. The number of fused-ring (bicyclic) bond motifs is 1. The van der Waals surface area contributed by atoms with E-state index >= 15 is 0 Å². The second-order valence-corrected chi connectivity index (χ2v) is 7.18. The van der Waals surface area contributed by atoms with Crippen molar-refractivity contribution in [2.45, 2.75) is 31.6 Å². The summed E-state index contributed by atoms with van der Waals surface area (Å²) >= 11 is 5.98. The lowest BCUT2D eigenvalue weighted by molar-refractivity contribution is -0.175. The third kappa shape index (κ3) is 3.89. The number of aromatic nitrogens is 3. The van der Waals surface area contributed by atoms with E-state index in [1.165, 1.54) is 16.7 Å². The Hall–Kier alpha value is -2.26. The van der Waals surface area contributed by atoms with Crippen LogP contribution in [0.5, 0.6) is 0 Å². The fraction of sp³-hybridized carbons (Fsp3) is 0.333. The highest BCUT2D eigenvalue weighted by Crippen LogP contribution is 2.35. The Morgan fingerprint density at radius 2 is 2.11 bits per heavy atom. The number of aryl methyl sites for hydroxylation is 1. The van der Waals surface area contributed by atoms with Crippen molar-refractivity contribution in [1.29, 1.82) is 0 Å². The Morgan fingerprint density at radius 3 is 2.78 bits per heavy atom. The first-order valence-corrected chi connectivity index (χ1v) is 8.73. The smallest absolute Gasteiger partial charge is 0.349 e. The number of nitrogens with zero attached hydrogens (tertiary/aromatic N) is 2. The summed E-state index contributed by atoms with van der Waals surface area (Å²) in [4.78, 5) is 18.4. The lowest BCUT2D eigenvalue weighted by Gasteiger charge is -2.24. The monoisotopic (exact) mass is 394 g/mol. The highest BCUT2D eigenvalue weighted by molar-refractivity contribution is 6.31. The van der Waals surface area contributed by atoms with Gasteiger partial charge in [-0.3, -0.25) is 0 Å². The molecule has 1 atom stereocenters. The van der Waals surface area contributed by atoms with Crippen LogP contribution >= 0.6 is 11.6 Å². The molecular formula is C18H20ClFN4O3. The molecule has 5 N–H and O–H groups in total. The highest BCUT2D eigenvalue weighted by atomic mass is 35.5. The molecule has 0 aliphatic heterocycles. The van der Waals surface area contributed by atoms with Gasteiger partial charge < -0.3 is 25.5 Å². The fourth-order valence-electron chi connectivity index (χ4n) is 2.82. The fourth-order valence-corrected chi connectivity index (χ4v) is 3.04. The van der Waals surface area contributed by atoms with Gasteiger partial charge in [0.15, 0.2) is 11.6 Å². The molecule has 144 valence electrons. The summed E-state index contributed by atoms with van der Waals surface area (Å²) in [6, 6.07) is 3.88. The summed E-state index contributed by atoms with van der Waals surface area (Å²) in [5.41, 5.74) is 5.91. The number of hydrogen-bond acceptors (Lipinski definition) is 5. The Bertz CT molecular complexity index is 1060. The van der Waals surface area contributed by atoms with Gasteiger partial charge >= 0.3 is 5.69 Å². The first-order valence-electron chi connectivity index (χ1n) is 8.35. The van der Waals surface area contributed by atoms with Crippen LogP contribution in [-0.2, 0) is 12.8 Å². The van der Waals surface area contributed by atoms with E-state index < -0.39 is 17.3 Å². The molecule has 3 rings (SSSR count). The van der Waals surface area contributed by atoms with E-state index in [0.717, 1.165) is 0 Å². The van der Waals surface area contributed by atoms with Crippen molar-refractivity contribution in [2.75, 3.05) is 0 Å². The van der Waals surface area contributed by atoms with Gasteiger partial charge in [-0.15, -0.1) is 0 Å². The summed E-state index contributed by atoms with van der Waals surface area (Å²) in [7, 11) is 1.56. The van der Waals surface area contributed by atoms with Crippen molar-refractivity contribution in [2.24, 2.45) is 12.8 Å². The molecular weight excluding hydrogens is 375 g/mol. The number of H-pyrrole nitrogens is 1. The SMILES string of the molecule is C[C@H](N)CCC(O)(O)c1cc(Cl)c(F)c(-c2cc3cn(C)c(=O)nc3[nH]2)c1. The molecule has 0 bridgehead atoms. The van der Waals surface area contributed by atoms with Crippen LogP contribution in [0.15, 0.2) is 29.2 Å². The summed E-state index contributed by atoms with van der Waals surface area (Å²) in [5, 5.41) is 21.1. The molecule has 0 spiro atoms. The Balaban J connectivity index is 2.10. The largest absolute Gasteiger partial charge is 0.362 e. The van der Waals surface area contributed by atoms with Gasteiger partial charge in [-0.25, -0.2) is 9.18 Å². The molecule has 0 saturated carbocycles. The van der Waals surface area contributed by atoms with Crippen molar-refractivity contribution in [1.82, 2.24) is 14.5 Å². The number of nitrogens with one attached hydrogen (secondary N) is 1. The van der Waals surface area contributed by atoms with Crippen LogP contribution in [0.3, 0.4) is 0 Å². The van der Waals surface area contributed by atoms with E-state index in [2.05, 4.69) is 9.97 Å². The zero-order valence-corrected chi connectivity index (χ0v) is 15.6. The van der Waals surface area contributed by atoms with E-state index in [-0.39, 0.29) is 28.6 Å². The Morgan fingerprint density at radius 1 is 1.41 bits per heavy atom. The third-order valence-corrected chi connectivity index (χ3v) is 4.67. The summed E-state index contributed by atoms with van der Waals surface area (Å²) in [6.45, 7) is 1.75. The van der Waals surface area contributed by atoms with Gasteiger partial charge in [-0.1, -0.05) is 11.6 Å². The predicted molar refractivity (Wildman–Crippen MR) is 101 cm³/mol. The van der Waals surface area contributed by atoms with Crippen molar-refractivity contribution >= 4 is 22.6 Å². The number of aliphatic hydroxyl groups is 2. The number of halogens is 2. The van der Waals surface area contributed by atoms with Gasteiger partial charge in [0, 0.05) is 42.2 Å². The topological polar surface area (TPSA) is 117 Å². The predicted octanol–water partition coefficient (Wildman–Crippen LogP) is 1.99. The van der Waals surface area contributed by atoms with E-state index in [1.54, 1.807) is 26.2 Å². The summed E-state index contributed by atoms with van der Waals surface area (Å²) in [5.74, 6) is -2.93. The number of rotatable bonds is 5. The lowest BCUT2D eigenvalue weighted by atomic mass is 9.96. The summed E-state index contributed by atoms with van der Waals surface area (Å²) < 4.78 is 15.9.